The summed E-state index contributed by atoms with van der Waals surface area (Å²) in [6, 6.07) is 0. The van der Waals surface area contributed by atoms with Gasteiger partial charge in [-0.15, -0.1) is 0 Å². The summed E-state index contributed by atoms with van der Waals surface area (Å²) in [6.07, 6.45) is 2.37. The van der Waals surface area contributed by atoms with Crippen LogP contribution in [0.2, 0.25) is 0 Å². The minimum atomic E-state index is -0.444. The molecule has 0 aromatic heterocycles. The molecule has 0 aliphatic carbocycles. The molecule has 0 N–H and O–H groups in total. The Kier molecular flexibility index (Phi) is 6.24. The molecule has 0 saturated carbocycles. The molecule has 0 bridgehead atoms. The van der Waals surface area contributed by atoms with Crippen molar-refractivity contribution in [2.24, 2.45) is 0 Å². The first kappa shape index (κ1) is 12.2. The first-order valence-corrected chi connectivity index (χ1v) is 4.62. The molecule has 3 nitrogen and oxygen atoms in total. The van der Waals surface area contributed by atoms with Gasteiger partial charge in [0.1, 0.15) is 0 Å². The lowest BCUT2D eigenvalue weighted by atomic mass is 10.3. The molecular weight excluding hydrogens is 168 g/mol. The van der Waals surface area contributed by atoms with Gasteiger partial charge in [-0.2, -0.15) is 0 Å². The molecule has 13 heavy (non-hydrogen) atoms. The van der Waals surface area contributed by atoms with Gasteiger partial charge in [0.2, 0.25) is 6.29 Å². The fourth-order valence-corrected chi connectivity index (χ4v) is 0.740. The SMILES string of the molecule is C=CC(=O)OC(CC)OC(C)CC. The van der Waals surface area contributed by atoms with Crippen molar-refractivity contribution >= 4 is 5.97 Å². The lowest BCUT2D eigenvalue weighted by molar-refractivity contribution is -0.183. The number of ether oxygens (including phenoxy) is 2. The smallest absolute Gasteiger partial charge is 0.332 e. The summed E-state index contributed by atoms with van der Waals surface area (Å²) in [5, 5.41) is 0. The molecule has 0 aliphatic heterocycles. The van der Waals surface area contributed by atoms with Gasteiger partial charge in [0.05, 0.1) is 6.10 Å². The average Bonchev–Trinajstić information content (AvgIpc) is 2.16. The Morgan fingerprint density at radius 1 is 1.46 bits per heavy atom. The molecular formula is C10H18O3. The second kappa shape index (κ2) is 6.66. The van der Waals surface area contributed by atoms with Crippen molar-refractivity contribution in [2.75, 3.05) is 0 Å². The first-order valence-electron chi connectivity index (χ1n) is 4.62. The molecule has 0 saturated heterocycles. The van der Waals surface area contributed by atoms with Crippen LogP contribution in [0.25, 0.3) is 0 Å². The lowest BCUT2D eigenvalue weighted by Gasteiger charge is -2.19. The maximum absolute atomic E-state index is 10.8. The number of esters is 1. The van der Waals surface area contributed by atoms with Crippen LogP contribution in [0.3, 0.4) is 0 Å². The van der Waals surface area contributed by atoms with Gasteiger partial charge in [0.25, 0.3) is 0 Å². The Bertz CT molecular complexity index is 166. The van der Waals surface area contributed by atoms with Crippen molar-refractivity contribution < 1.29 is 14.3 Å². The van der Waals surface area contributed by atoms with Gasteiger partial charge in [-0.3, -0.25) is 0 Å². The Balaban J connectivity index is 3.88. The highest BCUT2D eigenvalue weighted by atomic mass is 16.7. The molecule has 0 rings (SSSR count). The molecule has 0 heterocycles. The van der Waals surface area contributed by atoms with Crippen LogP contribution in [-0.4, -0.2) is 18.4 Å². The van der Waals surface area contributed by atoms with Crippen LogP contribution >= 0.6 is 0 Å². The summed E-state index contributed by atoms with van der Waals surface area (Å²) in [4.78, 5) is 10.8. The molecule has 76 valence electrons. The number of hydrogen-bond donors (Lipinski definition) is 0. The standard InChI is InChI=1S/C10H18O3/c1-5-8(4)12-10(7-3)13-9(11)6-2/h6,8,10H,2,5,7H2,1,3-4H3. The second-order valence-corrected chi connectivity index (χ2v) is 2.83. The summed E-state index contributed by atoms with van der Waals surface area (Å²) in [7, 11) is 0. The quantitative estimate of drug-likeness (QED) is 0.362. The lowest BCUT2D eigenvalue weighted by Crippen LogP contribution is -2.24. The zero-order valence-corrected chi connectivity index (χ0v) is 8.58. The average molecular weight is 186 g/mol. The molecule has 0 fully saturated rings. The normalized spacial score (nSPS) is 14.7. The van der Waals surface area contributed by atoms with Crippen molar-refractivity contribution in [3.63, 3.8) is 0 Å². The van der Waals surface area contributed by atoms with E-state index in [1.54, 1.807) is 0 Å². The maximum Gasteiger partial charge on any atom is 0.332 e. The van der Waals surface area contributed by atoms with E-state index in [0.717, 1.165) is 12.5 Å². The zero-order chi connectivity index (χ0) is 10.3. The second-order valence-electron chi connectivity index (χ2n) is 2.83. The van der Waals surface area contributed by atoms with Gasteiger partial charge in [-0.1, -0.05) is 20.4 Å². The van der Waals surface area contributed by atoms with Crippen LogP contribution in [0.5, 0.6) is 0 Å². The van der Waals surface area contributed by atoms with Crippen molar-refractivity contribution in [3.05, 3.63) is 12.7 Å². The maximum atomic E-state index is 10.8. The van der Waals surface area contributed by atoms with Crippen LogP contribution in [0.15, 0.2) is 12.7 Å². The molecule has 0 radical (unpaired) electrons. The van der Waals surface area contributed by atoms with Crippen LogP contribution in [0.4, 0.5) is 0 Å². The summed E-state index contributed by atoms with van der Waals surface area (Å²) in [5.41, 5.74) is 0. The van der Waals surface area contributed by atoms with Crippen LogP contribution in [-0.2, 0) is 14.3 Å². The molecule has 0 spiro atoms. The highest BCUT2D eigenvalue weighted by molar-refractivity contribution is 5.81. The number of carbonyl (C=O) groups excluding carboxylic acids is 1. The Morgan fingerprint density at radius 2 is 2.08 bits per heavy atom. The van der Waals surface area contributed by atoms with E-state index in [1.807, 2.05) is 20.8 Å². The van der Waals surface area contributed by atoms with E-state index in [2.05, 4.69) is 6.58 Å². The largest absolute Gasteiger partial charge is 0.433 e. The summed E-state index contributed by atoms with van der Waals surface area (Å²) in [5.74, 6) is -0.435. The molecule has 0 aliphatic rings. The predicted octanol–water partition coefficient (Wildman–Crippen LogP) is 2.27. The monoisotopic (exact) mass is 186 g/mol. The van der Waals surface area contributed by atoms with E-state index in [-0.39, 0.29) is 6.10 Å². The van der Waals surface area contributed by atoms with Crippen molar-refractivity contribution in [1.82, 2.24) is 0 Å². The Morgan fingerprint density at radius 3 is 2.46 bits per heavy atom. The van der Waals surface area contributed by atoms with Gasteiger partial charge in [-0.25, -0.2) is 4.79 Å². The highest BCUT2D eigenvalue weighted by Gasteiger charge is 2.13. The Labute approximate surface area is 79.7 Å². The van der Waals surface area contributed by atoms with E-state index in [9.17, 15) is 4.79 Å². The van der Waals surface area contributed by atoms with E-state index >= 15 is 0 Å². The third kappa shape index (κ3) is 5.42. The van der Waals surface area contributed by atoms with Crippen LogP contribution < -0.4 is 0 Å². The fraction of sp³-hybridized carbons (Fsp3) is 0.700. The van der Waals surface area contributed by atoms with Gasteiger partial charge < -0.3 is 9.47 Å². The van der Waals surface area contributed by atoms with Crippen molar-refractivity contribution in [1.29, 1.82) is 0 Å². The van der Waals surface area contributed by atoms with E-state index in [4.69, 9.17) is 9.47 Å². The van der Waals surface area contributed by atoms with Crippen LogP contribution in [0, 0.1) is 0 Å². The third-order valence-electron chi connectivity index (χ3n) is 1.71. The number of hydrogen-bond acceptors (Lipinski definition) is 3. The first-order chi connectivity index (χ1) is 6.13. The summed E-state index contributed by atoms with van der Waals surface area (Å²) >= 11 is 0. The summed E-state index contributed by atoms with van der Waals surface area (Å²) < 4.78 is 10.4. The predicted molar refractivity (Wildman–Crippen MR) is 51.2 cm³/mol. The molecule has 2 atom stereocenters. The molecule has 3 heteroatoms. The van der Waals surface area contributed by atoms with E-state index in [1.165, 1.54) is 0 Å². The minimum Gasteiger partial charge on any atom is -0.433 e. The Hall–Kier alpha value is -0.830. The van der Waals surface area contributed by atoms with Gasteiger partial charge in [0.15, 0.2) is 0 Å². The van der Waals surface area contributed by atoms with E-state index < -0.39 is 12.3 Å². The number of rotatable bonds is 6. The van der Waals surface area contributed by atoms with Gasteiger partial charge >= 0.3 is 5.97 Å². The highest BCUT2D eigenvalue weighted by Crippen LogP contribution is 2.07. The number of carbonyl (C=O) groups is 1. The fourth-order valence-electron chi connectivity index (χ4n) is 0.740. The van der Waals surface area contributed by atoms with Crippen LogP contribution in [0.1, 0.15) is 33.6 Å². The van der Waals surface area contributed by atoms with Crippen molar-refractivity contribution in [3.8, 4) is 0 Å². The summed E-state index contributed by atoms with van der Waals surface area (Å²) in [6.45, 7) is 9.19. The van der Waals surface area contributed by atoms with E-state index in [0.29, 0.717) is 6.42 Å². The molecule has 2 unspecified atom stereocenters. The zero-order valence-electron chi connectivity index (χ0n) is 8.58. The molecule has 0 aromatic rings. The van der Waals surface area contributed by atoms with Crippen molar-refractivity contribution in [2.45, 2.75) is 46.0 Å². The molecule has 0 amide bonds. The third-order valence-corrected chi connectivity index (χ3v) is 1.71. The van der Waals surface area contributed by atoms with Gasteiger partial charge in [-0.05, 0) is 13.3 Å². The van der Waals surface area contributed by atoms with Gasteiger partial charge in [0, 0.05) is 12.5 Å². The minimum absolute atomic E-state index is 0.113. The topological polar surface area (TPSA) is 35.5 Å². The molecule has 0 aromatic carbocycles.